The van der Waals surface area contributed by atoms with Crippen LogP contribution in [0.4, 0.5) is 11.6 Å². The lowest BCUT2D eigenvalue weighted by atomic mass is 9.91. The molecule has 2 amide bonds. The van der Waals surface area contributed by atoms with Crippen molar-refractivity contribution in [3.8, 4) is 11.3 Å². The molecule has 5 rings (SSSR count). The first-order valence-electron chi connectivity index (χ1n) is 10.00. The second-order valence-electron chi connectivity index (χ2n) is 8.26. The van der Waals surface area contributed by atoms with Gasteiger partial charge in [0.25, 0.3) is 0 Å². The molecule has 4 N–H and O–H groups in total. The summed E-state index contributed by atoms with van der Waals surface area (Å²) in [5.41, 5.74) is 8.67. The summed E-state index contributed by atoms with van der Waals surface area (Å²) in [6.07, 6.45) is 7.15. The van der Waals surface area contributed by atoms with E-state index in [1.54, 1.807) is 18.6 Å². The highest BCUT2D eigenvalue weighted by Crippen LogP contribution is 2.59. The van der Waals surface area contributed by atoms with Crippen molar-refractivity contribution >= 4 is 34.2 Å². The Balaban J connectivity index is 1.41. The van der Waals surface area contributed by atoms with Crippen LogP contribution in [0.5, 0.6) is 0 Å². The van der Waals surface area contributed by atoms with Crippen molar-refractivity contribution in [1.29, 1.82) is 0 Å². The smallest absolute Gasteiger partial charge is 0.229 e. The van der Waals surface area contributed by atoms with Crippen LogP contribution < -0.4 is 16.4 Å². The number of fused-ring (bicyclic) bond motifs is 1. The van der Waals surface area contributed by atoms with Gasteiger partial charge in [-0.05, 0) is 54.3 Å². The maximum atomic E-state index is 12.8. The molecule has 152 valence electrons. The average molecular weight is 402 g/mol. The van der Waals surface area contributed by atoms with Gasteiger partial charge >= 0.3 is 0 Å². The summed E-state index contributed by atoms with van der Waals surface area (Å²) in [4.78, 5) is 37.5. The number of nitrogens with one attached hydrogen (secondary N) is 2. The lowest BCUT2D eigenvalue weighted by molar-refractivity contribution is -0.124. The molecule has 8 heteroatoms. The van der Waals surface area contributed by atoms with Gasteiger partial charge in [-0.15, -0.1) is 0 Å². The van der Waals surface area contributed by atoms with Gasteiger partial charge in [0.05, 0.1) is 5.69 Å². The molecule has 2 fully saturated rings. The third-order valence-corrected chi connectivity index (χ3v) is 6.28. The Morgan fingerprint density at radius 2 is 2.20 bits per heavy atom. The van der Waals surface area contributed by atoms with Crippen LogP contribution in [0.1, 0.15) is 24.8 Å². The Kier molecular flexibility index (Phi) is 4.16. The molecule has 4 heterocycles. The lowest BCUT2D eigenvalue weighted by Crippen LogP contribution is -2.36. The van der Waals surface area contributed by atoms with Gasteiger partial charge in [-0.2, -0.15) is 0 Å². The van der Waals surface area contributed by atoms with E-state index in [0.717, 1.165) is 40.4 Å². The molecule has 2 unspecified atom stereocenters. The fraction of sp³-hybridized carbons (Fsp3) is 0.318. The second kappa shape index (κ2) is 6.76. The number of nitrogen functional groups attached to an aromatic ring is 1. The highest BCUT2D eigenvalue weighted by atomic mass is 16.2. The van der Waals surface area contributed by atoms with Gasteiger partial charge in [-0.1, -0.05) is 0 Å². The maximum absolute atomic E-state index is 12.8. The van der Waals surface area contributed by atoms with Gasteiger partial charge in [-0.3, -0.25) is 14.6 Å². The van der Waals surface area contributed by atoms with E-state index in [-0.39, 0.29) is 23.1 Å². The fourth-order valence-corrected chi connectivity index (χ4v) is 4.44. The zero-order chi connectivity index (χ0) is 20.9. The summed E-state index contributed by atoms with van der Waals surface area (Å²) < 4.78 is 0. The molecular formula is C22H22N6O2. The number of piperidine rings is 1. The fourth-order valence-electron chi connectivity index (χ4n) is 4.44. The minimum absolute atomic E-state index is 0.0292. The number of aryl methyl sites for hydroxylation is 1. The summed E-state index contributed by atoms with van der Waals surface area (Å²) >= 11 is 0. The number of rotatable bonds is 3. The number of carbonyl (C=O) groups is 2. The molecule has 3 aromatic heterocycles. The molecule has 1 aliphatic carbocycles. The number of hydrogen-bond acceptors (Lipinski definition) is 6. The first-order chi connectivity index (χ1) is 14.4. The quantitative estimate of drug-likeness (QED) is 0.618. The Hall–Kier alpha value is -3.55. The summed E-state index contributed by atoms with van der Waals surface area (Å²) in [7, 11) is 0. The van der Waals surface area contributed by atoms with E-state index in [1.807, 2.05) is 25.1 Å². The van der Waals surface area contributed by atoms with Crippen LogP contribution in [-0.4, -0.2) is 33.3 Å². The van der Waals surface area contributed by atoms with Crippen molar-refractivity contribution in [2.45, 2.75) is 26.2 Å². The topological polar surface area (TPSA) is 123 Å². The number of pyridine rings is 3. The van der Waals surface area contributed by atoms with Gasteiger partial charge in [0.2, 0.25) is 11.8 Å². The molecule has 8 nitrogen and oxygen atoms in total. The molecule has 3 aromatic rings. The molecular weight excluding hydrogens is 380 g/mol. The van der Waals surface area contributed by atoms with Gasteiger partial charge in [-0.25, -0.2) is 9.97 Å². The van der Waals surface area contributed by atoms with E-state index in [2.05, 4.69) is 25.6 Å². The van der Waals surface area contributed by atoms with Crippen LogP contribution in [0.15, 0.2) is 36.8 Å². The number of aromatic nitrogens is 3. The number of anilines is 2. The van der Waals surface area contributed by atoms with Gasteiger partial charge < -0.3 is 16.4 Å². The molecule has 2 aliphatic rings. The molecule has 1 saturated carbocycles. The SMILES string of the molecule is Cc1ccncc1-c1cc2cc(NC(=O)C3CC34CCNC(=O)C4)ncc2c(N)n1. The van der Waals surface area contributed by atoms with Crippen LogP contribution in [0.2, 0.25) is 0 Å². The molecule has 1 aliphatic heterocycles. The minimum atomic E-state index is -0.178. The molecule has 0 aromatic carbocycles. The van der Waals surface area contributed by atoms with E-state index < -0.39 is 0 Å². The van der Waals surface area contributed by atoms with Crippen molar-refractivity contribution in [1.82, 2.24) is 20.3 Å². The molecule has 1 spiro atoms. The van der Waals surface area contributed by atoms with E-state index in [1.165, 1.54) is 0 Å². The van der Waals surface area contributed by atoms with Crippen LogP contribution in [0.25, 0.3) is 22.0 Å². The summed E-state index contributed by atoms with van der Waals surface area (Å²) in [6, 6.07) is 5.66. The van der Waals surface area contributed by atoms with Crippen LogP contribution in [0, 0.1) is 18.3 Å². The Labute approximate surface area is 173 Å². The van der Waals surface area contributed by atoms with Gasteiger partial charge in [0.1, 0.15) is 11.6 Å². The first kappa shape index (κ1) is 18.5. The Morgan fingerprint density at radius 3 is 3.00 bits per heavy atom. The maximum Gasteiger partial charge on any atom is 0.229 e. The van der Waals surface area contributed by atoms with E-state index >= 15 is 0 Å². The van der Waals surface area contributed by atoms with Crippen LogP contribution in [0.3, 0.4) is 0 Å². The zero-order valence-electron chi connectivity index (χ0n) is 16.6. The van der Waals surface area contributed by atoms with E-state index in [9.17, 15) is 9.59 Å². The highest BCUT2D eigenvalue weighted by Gasteiger charge is 2.59. The van der Waals surface area contributed by atoms with Crippen molar-refractivity contribution in [3.63, 3.8) is 0 Å². The molecule has 0 bridgehead atoms. The third-order valence-electron chi connectivity index (χ3n) is 6.28. The molecule has 1 saturated heterocycles. The van der Waals surface area contributed by atoms with Crippen molar-refractivity contribution < 1.29 is 9.59 Å². The minimum Gasteiger partial charge on any atom is -0.383 e. The van der Waals surface area contributed by atoms with Gasteiger partial charge in [0, 0.05) is 48.4 Å². The Morgan fingerprint density at radius 1 is 1.33 bits per heavy atom. The number of nitrogens with two attached hydrogens (primary N) is 1. The number of carbonyl (C=O) groups excluding carboxylic acids is 2. The normalized spacial score (nSPS) is 22.7. The largest absolute Gasteiger partial charge is 0.383 e. The summed E-state index contributed by atoms with van der Waals surface area (Å²) in [5.74, 6) is 0.653. The van der Waals surface area contributed by atoms with Crippen LogP contribution in [-0.2, 0) is 9.59 Å². The number of hydrogen-bond donors (Lipinski definition) is 3. The number of nitrogens with zero attached hydrogens (tertiary/aromatic N) is 3. The highest BCUT2D eigenvalue weighted by molar-refractivity contribution is 5.99. The van der Waals surface area contributed by atoms with Crippen LogP contribution >= 0.6 is 0 Å². The van der Waals surface area contributed by atoms with E-state index in [4.69, 9.17) is 5.73 Å². The van der Waals surface area contributed by atoms with E-state index in [0.29, 0.717) is 24.6 Å². The number of amides is 2. The molecule has 30 heavy (non-hydrogen) atoms. The predicted molar refractivity (Wildman–Crippen MR) is 113 cm³/mol. The van der Waals surface area contributed by atoms with Crippen molar-refractivity contribution in [3.05, 3.63) is 42.4 Å². The van der Waals surface area contributed by atoms with Gasteiger partial charge in [0.15, 0.2) is 0 Å². The van der Waals surface area contributed by atoms with Crippen molar-refractivity contribution in [2.75, 3.05) is 17.6 Å². The van der Waals surface area contributed by atoms with Crippen molar-refractivity contribution in [2.24, 2.45) is 11.3 Å². The first-order valence-corrected chi connectivity index (χ1v) is 10.00. The second-order valence-corrected chi connectivity index (χ2v) is 8.26. The molecule has 0 radical (unpaired) electrons. The summed E-state index contributed by atoms with van der Waals surface area (Å²) in [6.45, 7) is 2.63. The third kappa shape index (κ3) is 3.14. The average Bonchev–Trinajstić information content (AvgIpc) is 3.40. The summed E-state index contributed by atoms with van der Waals surface area (Å²) in [5, 5.41) is 7.32. The standard InChI is InChI=1S/C22H22N6O2/c1-12-2-4-24-10-14(12)17-6-13-7-18(26-11-15(13)20(23)27-17)28-21(30)16-8-22(16)3-5-25-19(29)9-22/h2,4,6-7,10-11,16H,3,5,8-9H2,1H3,(H2,23,27)(H,25,29)(H,26,28,30). The zero-order valence-corrected chi connectivity index (χ0v) is 16.6. The predicted octanol–water partition coefficient (Wildman–Crippen LogP) is 2.44. The monoisotopic (exact) mass is 402 g/mol. The lowest BCUT2D eigenvalue weighted by Gasteiger charge is -2.22. The Bertz CT molecular complexity index is 1190. The molecule has 2 atom stereocenters.